The minimum atomic E-state index is -0.371. The quantitative estimate of drug-likeness (QED) is 0.705. The second-order valence-electron chi connectivity index (χ2n) is 2.99. The zero-order valence-electron chi connectivity index (χ0n) is 8.11. The molecule has 1 aromatic carbocycles. The van der Waals surface area contributed by atoms with Crippen LogP contribution in [0.3, 0.4) is 0 Å². The molecule has 0 atom stereocenters. The number of hydrogen-bond acceptors (Lipinski definition) is 2. The zero-order valence-corrected chi connectivity index (χ0v) is 8.11. The van der Waals surface area contributed by atoms with Crippen LogP contribution in [0, 0.1) is 17.1 Å². The van der Waals surface area contributed by atoms with Crippen LogP contribution < -0.4 is 0 Å². The van der Waals surface area contributed by atoms with E-state index in [1.54, 1.807) is 24.3 Å². The molecule has 0 spiro atoms. The lowest BCUT2D eigenvalue weighted by Crippen LogP contribution is -1.89. The van der Waals surface area contributed by atoms with Crippen LogP contribution in [-0.4, -0.2) is 6.29 Å². The molecule has 0 heterocycles. The van der Waals surface area contributed by atoms with E-state index in [2.05, 4.69) is 0 Å². The Morgan fingerprint density at radius 2 is 2.27 bits per heavy atom. The summed E-state index contributed by atoms with van der Waals surface area (Å²) in [6.07, 6.45) is 4.60. The summed E-state index contributed by atoms with van der Waals surface area (Å²) in [6, 6.07) is 6.45. The van der Waals surface area contributed by atoms with E-state index < -0.39 is 0 Å². The standard InChI is InChI=1S/C12H10FNO/c13-12-5-4-10(3-1-2-8-15)9-11(12)6-7-14/h1,3-5,8-9H,2,6H2. The second-order valence-corrected chi connectivity index (χ2v) is 2.99. The first kappa shape index (κ1) is 11.1. The van der Waals surface area contributed by atoms with Crippen molar-refractivity contribution in [2.75, 3.05) is 0 Å². The summed E-state index contributed by atoms with van der Waals surface area (Å²) in [7, 11) is 0. The summed E-state index contributed by atoms with van der Waals surface area (Å²) in [5.41, 5.74) is 1.18. The molecule has 0 saturated carbocycles. The zero-order chi connectivity index (χ0) is 11.1. The molecule has 15 heavy (non-hydrogen) atoms. The SMILES string of the molecule is N#CCc1cc(C=CCC=O)ccc1F. The number of rotatable bonds is 4. The summed E-state index contributed by atoms with van der Waals surface area (Å²) in [5.74, 6) is -0.371. The number of benzene rings is 1. The van der Waals surface area contributed by atoms with Crippen LogP contribution in [-0.2, 0) is 11.2 Å². The number of aldehydes is 1. The summed E-state index contributed by atoms with van der Waals surface area (Å²) in [6.45, 7) is 0. The highest BCUT2D eigenvalue weighted by molar-refractivity contribution is 5.58. The van der Waals surface area contributed by atoms with Crippen LogP contribution in [0.4, 0.5) is 4.39 Å². The van der Waals surface area contributed by atoms with Crippen molar-refractivity contribution in [1.82, 2.24) is 0 Å². The van der Waals surface area contributed by atoms with Crippen LogP contribution >= 0.6 is 0 Å². The van der Waals surface area contributed by atoms with Crippen molar-refractivity contribution in [2.45, 2.75) is 12.8 Å². The molecule has 0 fully saturated rings. The molecule has 0 aliphatic rings. The first-order valence-electron chi connectivity index (χ1n) is 4.53. The van der Waals surface area contributed by atoms with Gasteiger partial charge < -0.3 is 4.79 Å². The molecule has 0 amide bonds. The van der Waals surface area contributed by atoms with Gasteiger partial charge in [0.15, 0.2) is 0 Å². The van der Waals surface area contributed by atoms with Gasteiger partial charge in [-0.15, -0.1) is 0 Å². The third kappa shape index (κ3) is 3.35. The summed E-state index contributed by atoms with van der Waals surface area (Å²) in [5, 5.41) is 8.47. The monoisotopic (exact) mass is 203 g/mol. The summed E-state index contributed by atoms with van der Waals surface area (Å²) in [4.78, 5) is 10.1. The molecule has 0 bridgehead atoms. The third-order valence-electron chi connectivity index (χ3n) is 1.88. The Morgan fingerprint density at radius 1 is 1.47 bits per heavy atom. The normalized spacial score (nSPS) is 10.1. The molecule has 1 aromatic rings. The molecule has 0 N–H and O–H groups in total. The lowest BCUT2D eigenvalue weighted by molar-refractivity contribution is -0.107. The van der Waals surface area contributed by atoms with E-state index in [0.717, 1.165) is 11.8 Å². The number of hydrogen-bond donors (Lipinski definition) is 0. The predicted molar refractivity (Wildman–Crippen MR) is 55.4 cm³/mol. The molecular weight excluding hydrogens is 193 g/mol. The predicted octanol–water partition coefficient (Wildman–Crippen LogP) is 2.49. The number of halogens is 1. The van der Waals surface area contributed by atoms with Crippen molar-refractivity contribution in [1.29, 1.82) is 5.26 Å². The summed E-state index contributed by atoms with van der Waals surface area (Å²) < 4.78 is 13.1. The largest absolute Gasteiger partial charge is 0.303 e. The van der Waals surface area contributed by atoms with E-state index in [9.17, 15) is 9.18 Å². The van der Waals surface area contributed by atoms with Crippen molar-refractivity contribution in [3.05, 3.63) is 41.2 Å². The highest BCUT2D eigenvalue weighted by Gasteiger charge is 2.01. The van der Waals surface area contributed by atoms with Crippen LogP contribution in [0.25, 0.3) is 6.08 Å². The first-order valence-corrected chi connectivity index (χ1v) is 4.53. The molecule has 0 unspecified atom stereocenters. The van der Waals surface area contributed by atoms with Gasteiger partial charge in [0, 0.05) is 12.0 Å². The van der Waals surface area contributed by atoms with Crippen LogP contribution in [0.1, 0.15) is 17.5 Å². The Bertz CT molecular complexity index is 418. The Balaban J connectivity index is 2.87. The van der Waals surface area contributed by atoms with Crippen molar-refractivity contribution < 1.29 is 9.18 Å². The van der Waals surface area contributed by atoms with Crippen molar-refractivity contribution in [3.63, 3.8) is 0 Å². The average molecular weight is 203 g/mol. The molecule has 76 valence electrons. The third-order valence-corrected chi connectivity index (χ3v) is 1.88. The maximum atomic E-state index is 13.1. The molecular formula is C12H10FNO. The maximum Gasteiger partial charge on any atom is 0.127 e. The summed E-state index contributed by atoms with van der Waals surface area (Å²) >= 11 is 0. The number of nitriles is 1. The molecule has 0 radical (unpaired) electrons. The van der Waals surface area contributed by atoms with Gasteiger partial charge in [0.1, 0.15) is 12.1 Å². The van der Waals surface area contributed by atoms with E-state index in [4.69, 9.17) is 5.26 Å². The van der Waals surface area contributed by atoms with Crippen molar-refractivity contribution in [3.8, 4) is 6.07 Å². The van der Waals surface area contributed by atoms with Gasteiger partial charge >= 0.3 is 0 Å². The van der Waals surface area contributed by atoms with Gasteiger partial charge in [0.2, 0.25) is 0 Å². The second kappa shape index (κ2) is 5.71. The molecule has 1 rings (SSSR count). The van der Waals surface area contributed by atoms with E-state index in [0.29, 0.717) is 12.0 Å². The van der Waals surface area contributed by atoms with Gasteiger partial charge in [0.25, 0.3) is 0 Å². The Labute approximate surface area is 87.7 Å². The molecule has 3 heteroatoms. The number of carbonyl (C=O) groups is 1. The van der Waals surface area contributed by atoms with Gasteiger partial charge in [0.05, 0.1) is 12.5 Å². The first-order chi connectivity index (χ1) is 7.27. The number of carbonyl (C=O) groups excluding carboxylic acids is 1. The van der Waals surface area contributed by atoms with Crippen molar-refractivity contribution >= 4 is 12.4 Å². The van der Waals surface area contributed by atoms with Gasteiger partial charge in [-0.3, -0.25) is 0 Å². The Kier molecular flexibility index (Phi) is 4.24. The maximum absolute atomic E-state index is 13.1. The lowest BCUT2D eigenvalue weighted by atomic mass is 10.1. The number of allylic oxidation sites excluding steroid dienone is 1. The van der Waals surface area contributed by atoms with E-state index in [1.807, 2.05) is 6.07 Å². The molecule has 0 aliphatic carbocycles. The average Bonchev–Trinajstić information content (AvgIpc) is 2.23. The molecule has 0 aliphatic heterocycles. The lowest BCUT2D eigenvalue weighted by Gasteiger charge is -1.99. The molecule has 0 saturated heterocycles. The fraction of sp³-hybridized carbons (Fsp3) is 0.167. The minimum Gasteiger partial charge on any atom is -0.303 e. The number of nitrogens with zero attached hydrogens (tertiary/aromatic N) is 1. The van der Waals surface area contributed by atoms with E-state index >= 15 is 0 Å². The van der Waals surface area contributed by atoms with Crippen molar-refractivity contribution in [2.24, 2.45) is 0 Å². The van der Waals surface area contributed by atoms with Crippen LogP contribution in [0.15, 0.2) is 24.3 Å². The molecule has 0 aromatic heterocycles. The topological polar surface area (TPSA) is 40.9 Å². The van der Waals surface area contributed by atoms with Crippen LogP contribution in [0.5, 0.6) is 0 Å². The highest BCUT2D eigenvalue weighted by Crippen LogP contribution is 2.12. The molecule has 2 nitrogen and oxygen atoms in total. The van der Waals surface area contributed by atoms with E-state index in [1.165, 1.54) is 6.07 Å². The van der Waals surface area contributed by atoms with Gasteiger partial charge in [-0.05, 0) is 17.7 Å². The van der Waals surface area contributed by atoms with Gasteiger partial charge in [-0.2, -0.15) is 5.26 Å². The van der Waals surface area contributed by atoms with Gasteiger partial charge in [-0.1, -0.05) is 18.2 Å². The highest BCUT2D eigenvalue weighted by atomic mass is 19.1. The van der Waals surface area contributed by atoms with Gasteiger partial charge in [-0.25, -0.2) is 4.39 Å². The van der Waals surface area contributed by atoms with E-state index in [-0.39, 0.29) is 12.2 Å². The smallest absolute Gasteiger partial charge is 0.127 e. The fourth-order valence-electron chi connectivity index (χ4n) is 1.18. The Hall–Kier alpha value is -1.95. The fourth-order valence-corrected chi connectivity index (χ4v) is 1.18. The van der Waals surface area contributed by atoms with Crippen LogP contribution in [0.2, 0.25) is 0 Å². The Morgan fingerprint density at radius 3 is 2.93 bits per heavy atom. The minimum absolute atomic E-state index is 0.0567.